The maximum absolute atomic E-state index is 6.47. The van der Waals surface area contributed by atoms with E-state index in [2.05, 4.69) is 73.1 Å². The van der Waals surface area contributed by atoms with E-state index in [1.165, 1.54) is 22.3 Å². The molecular formula is C18H22BrN. The topological polar surface area (TPSA) is 26.0 Å². The van der Waals surface area contributed by atoms with Crippen molar-refractivity contribution in [3.63, 3.8) is 0 Å². The molecule has 2 aromatic rings. The lowest BCUT2D eigenvalue weighted by atomic mass is 9.93. The van der Waals surface area contributed by atoms with Gasteiger partial charge in [-0.3, -0.25) is 0 Å². The van der Waals surface area contributed by atoms with Crippen molar-refractivity contribution in [1.29, 1.82) is 0 Å². The van der Waals surface area contributed by atoms with Crippen LogP contribution in [0.5, 0.6) is 0 Å². The average Bonchev–Trinajstić information content (AvgIpc) is 2.48. The Kier molecular flexibility index (Phi) is 5.00. The summed E-state index contributed by atoms with van der Waals surface area (Å²) in [4.78, 5) is 0. The van der Waals surface area contributed by atoms with Crippen LogP contribution < -0.4 is 5.73 Å². The fraction of sp³-hybridized carbons (Fsp3) is 0.333. The quantitative estimate of drug-likeness (QED) is 0.844. The molecule has 2 aromatic carbocycles. The lowest BCUT2D eigenvalue weighted by molar-refractivity contribution is 0.856. The van der Waals surface area contributed by atoms with E-state index >= 15 is 0 Å². The zero-order valence-corrected chi connectivity index (χ0v) is 14.0. The minimum atomic E-state index is -0.0829. The highest BCUT2D eigenvalue weighted by molar-refractivity contribution is 9.10. The van der Waals surface area contributed by atoms with E-state index in [0.717, 1.165) is 22.9 Å². The van der Waals surface area contributed by atoms with Gasteiger partial charge in [-0.05, 0) is 48.1 Å². The first-order chi connectivity index (χ1) is 9.56. The highest BCUT2D eigenvalue weighted by Gasteiger charge is 2.13. The van der Waals surface area contributed by atoms with Crippen molar-refractivity contribution in [3.05, 3.63) is 68.7 Å². The standard InChI is InChI=1S/C18H22BrN/c1-4-13-7-8-15(11-14(13)5-2)18(20)16-10-12(3)6-9-17(16)19/h6-11,18H,4-5,20H2,1-3H3. The van der Waals surface area contributed by atoms with Gasteiger partial charge < -0.3 is 5.73 Å². The molecule has 20 heavy (non-hydrogen) atoms. The zero-order valence-electron chi connectivity index (χ0n) is 12.4. The molecule has 0 aliphatic rings. The van der Waals surface area contributed by atoms with Crippen LogP contribution in [0.15, 0.2) is 40.9 Å². The summed E-state index contributed by atoms with van der Waals surface area (Å²) in [6, 6.07) is 12.9. The molecule has 2 N–H and O–H groups in total. The SMILES string of the molecule is CCc1ccc(C(N)c2cc(C)ccc2Br)cc1CC. The number of benzene rings is 2. The predicted molar refractivity (Wildman–Crippen MR) is 90.1 cm³/mol. The van der Waals surface area contributed by atoms with E-state index in [1.807, 2.05) is 0 Å². The molecule has 0 saturated heterocycles. The molecule has 0 saturated carbocycles. The molecule has 2 heteroatoms. The lowest BCUT2D eigenvalue weighted by Crippen LogP contribution is -2.13. The summed E-state index contributed by atoms with van der Waals surface area (Å²) in [6.07, 6.45) is 2.13. The summed E-state index contributed by atoms with van der Waals surface area (Å²) in [6.45, 7) is 6.50. The van der Waals surface area contributed by atoms with Crippen LogP contribution in [-0.2, 0) is 12.8 Å². The number of hydrogen-bond donors (Lipinski definition) is 1. The molecule has 1 unspecified atom stereocenters. The summed E-state index contributed by atoms with van der Waals surface area (Å²) < 4.78 is 1.08. The average molecular weight is 332 g/mol. The number of halogens is 1. The maximum Gasteiger partial charge on any atom is 0.0563 e. The summed E-state index contributed by atoms with van der Waals surface area (Å²) in [5, 5.41) is 0. The van der Waals surface area contributed by atoms with Crippen molar-refractivity contribution >= 4 is 15.9 Å². The Labute approximate surface area is 130 Å². The van der Waals surface area contributed by atoms with Gasteiger partial charge in [-0.25, -0.2) is 0 Å². The van der Waals surface area contributed by atoms with Crippen molar-refractivity contribution in [1.82, 2.24) is 0 Å². The van der Waals surface area contributed by atoms with Gasteiger partial charge in [0.05, 0.1) is 6.04 Å². The molecule has 1 nitrogen and oxygen atoms in total. The summed E-state index contributed by atoms with van der Waals surface area (Å²) >= 11 is 3.61. The second-order valence-corrected chi connectivity index (χ2v) is 6.09. The molecule has 0 fully saturated rings. The minimum absolute atomic E-state index is 0.0829. The van der Waals surface area contributed by atoms with Crippen molar-refractivity contribution in [2.24, 2.45) is 5.73 Å². The van der Waals surface area contributed by atoms with E-state index in [9.17, 15) is 0 Å². The maximum atomic E-state index is 6.47. The monoisotopic (exact) mass is 331 g/mol. The Morgan fingerprint density at radius 2 is 1.70 bits per heavy atom. The fourth-order valence-corrected chi connectivity index (χ4v) is 3.09. The molecule has 106 valence electrons. The van der Waals surface area contributed by atoms with Gasteiger partial charge >= 0.3 is 0 Å². The van der Waals surface area contributed by atoms with Gasteiger partial charge in [0.25, 0.3) is 0 Å². The molecule has 0 aliphatic heterocycles. The summed E-state index contributed by atoms with van der Waals surface area (Å²) in [5.41, 5.74) is 12.9. The van der Waals surface area contributed by atoms with Gasteiger partial charge in [-0.1, -0.05) is 65.7 Å². The van der Waals surface area contributed by atoms with Crippen LogP contribution >= 0.6 is 15.9 Å². The van der Waals surface area contributed by atoms with E-state index in [0.29, 0.717) is 0 Å². The first-order valence-electron chi connectivity index (χ1n) is 7.20. The molecule has 0 aromatic heterocycles. The van der Waals surface area contributed by atoms with Crippen LogP contribution in [-0.4, -0.2) is 0 Å². The van der Waals surface area contributed by atoms with E-state index < -0.39 is 0 Å². The number of aryl methyl sites for hydroxylation is 3. The number of rotatable bonds is 4. The van der Waals surface area contributed by atoms with Crippen LogP contribution in [0.3, 0.4) is 0 Å². The Bertz CT molecular complexity index is 604. The van der Waals surface area contributed by atoms with Gasteiger partial charge in [0, 0.05) is 4.47 Å². The first kappa shape index (κ1) is 15.3. The van der Waals surface area contributed by atoms with Gasteiger partial charge in [-0.15, -0.1) is 0 Å². The molecular weight excluding hydrogens is 310 g/mol. The van der Waals surface area contributed by atoms with Crippen LogP contribution in [0.25, 0.3) is 0 Å². The van der Waals surface area contributed by atoms with Crippen molar-refractivity contribution < 1.29 is 0 Å². The molecule has 0 heterocycles. The third-order valence-electron chi connectivity index (χ3n) is 3.84. The lowest BCUT2D eigenvalue weighted by Gasteiger charge is -2.17. The molecule has 2 rings (SSSR count). The van der Waals surface area contributed by atoms with Crippen LogP contribution in [0.2, 0.25) is 0 Å². The highest BCUT2D eigenvalue weighted by Crippen LogP contribution is 2.29. The fourth-order valence-electron chi connectivity index (χ4n) is 2.59. The molecule has 1 atom stereocenters. The second kappa shape index (κ2) is 6.55. The van der Waals surface area contributed by atoms with Crippen molar-refractivity contribution in [3.8, 4) is 0 Å². The molecule has 0 radical (unpaired) electrons. The summed E-state index contributed by atoms with van der Waals surface area (Å²) in [5.74, 6) is 0. The Balaban J connectivity index is 2.42. The third kappa shape index (κ3) is 3.13. The van der Waals surface area contributed by atoms with E-state index in [4.69, 9.17) is 5.73 Å². The van der Waals surface area contributed by atoms with Crippen molar-refractivity contribution in [2.45, 2.75) is 39.7 Å². The first-order valence-corrected chi connectivity index (χ1v) is 7.99. The highest BCUT2D eigenvalue weighted by atomic mass is 79.9. The minimum Gasteiger partial charge on any atom is -0.320 e. The van der Waals surface area contributed by atoms with E-state index in [-0.39, 0.29) is 6.04 Å². The normalized spacial score (nSPS) is 12.4. The third-order valence-corrected chi connectivity index (χ3v) is 4.56. The smallest absolute Gasteiger partial charge is 0.0563 e. The summed E-state index contributed by atoms with van der Waals surface area (Å²) in [7, 11) is 0. The van der Waals surface area contributed by atoms with Crippen molar-refractivity contribution in [2.75, 3.05) is 0 Å². The molecule has 0 bridgehead atoms. The Hall–Kier alpha value is -1.12. The largest absolute Gasteiger partial charge is 0.320 e. The predicted octanol–water partition coefficient (Wildman–Crippen LogP) is 4.93. The van der Waals surface area contributed by atoms with Gasteiger partial charge in [0.15, 0.2) is 0 Å². The number of nitrogens with two attached hydrogens (primary N) is 1. The second-order valence-electron chi connectivity index (χ2n) is 5.24. The van der Waals surface area contributed by atoms with Crippen LogP contribution in [0.1, 0.15) is 47.7 Å². The van der Waals surface area contributed by atoms with Gasteiger partial charge in [0.1, 0.15) is 0 Å². The van der Waals surface area contributed by atoms with Crippen LogP contribution in [0.4, 0.5) is 0 Å². The van der Waals surface area contributed by atoms with E-state index in [1.54, 1.807) is 0 Å². The van der Waals surface area contributed by atoms with Crippen LogP contribution in [0, 0.1) is 6.92 Å². The molecule has 0 amide bonds. The van der Waals surface area contributed by atoms with Gasteiger partial charge in [-0.2, -0.15) is 0 Å². The zero-order chi connectivity index (χ0) is 14.7. The number of hydrogen-bond acceptors (Lipinski definition) is 1. The Morgan fingerprint density at radius 3 is 2.35 bits per heavy atom. The molecule has 0 spiro atoms. The Morgan fingerprint density at radius 1 is 1.00 bits per heavy atom. The van der Waals surface area contributed by atoms with Gasteiger partial charge in [0.2, 0.25) is 0 Å². The molecule has 0 aliphatic carbocycles.